The molecule has 0 aromatic carbocycles. The van der Waals surface area contributed by atoms with Gasteiger partial charge in [0.15, 0.2) is 0 Å². The average molecular weight is 798 g/mol. The number of hydrogen-bond donors (Lipinski definition) is 3. The molecule has 0 saturated heterocycles. The molecule has 0 fully saturated rings. The lowest BCUT2D eigenvalue weighted by molar-refractivity contribution is -0.123. The number of carbonyl (C=O) groups excluding carboxylic acids is 1. The lowest BCUT2D eigenvalue weighted by Gasteiger charge is -2.19. The van der Waals surface area contributed by atoms with Crippen LogP contribution >= 0.6 is 0 Å². The van der Waals surface area contributed by atoms with Crippen molar-refractivity contribution in [3.63, 3.8) is 0 Å². The topological polar surface area (TPSA) is 69.6 Å². The highest BCUT2D eigenvalue weighted by atomic mass is 16.3. The number of unbranched alkanes of at least 4 members (excludes halogenated alkanes) is 33. The van der Waals surface area contributed by atoms with Gasteiger partial charge in [0.1, 0.15) is 0 Å². The van der Waals surface area contributed by atoms with E-state index in [9.17, 15) is 15.0 Å². The van der Waals surface area contributed by atoms with Crippen molar-refractivity contribution in [2.45, 2.75) is 276 Å². The van der Waals surface area contributed by atoms with Gasteiger partial charge in [-0.2, -0.15) is 0 Å². The zero-order valence-corrected chi connectivity index (χ0v) is 38.4. The summed E-state index contributed by atoms with van der Waals surface area (Å²) in [5.41, 5.74) is 0. The molecule has 0 aliphatic heterocycles. The lowest BCUT2D eigenvalue weighted by atomic mass is 10.0. The summed E-state index contributed by atoms with van der Waals surface area (Å²) < 4.78 is 0. The van der Waals surface area contributed by atoms with E-state index < -0.39 is 12.1 Å². The molecule has 2 atom stereocenters. The van der Waals surface area contributed by atoms with Gasteiger partial charge < -0.3 is 15.5 Å². The van der Waals surface area contributed by atoms with Gasteiger partial charge in [-0.25, -0.2) is 0 Å². The van der Waals surface area contributed by atoms with Crippen LogP contribution in [0.2, 0.25) is 0 Å². The Labute approximate surface area is 356 Å². The summed E-state index contributed by atoms with van der Waals surface area (Å²) in [7, 11) is 0. The molecule has 57 heavy (non-hydrogen) atoms. The Morgan fingerprint density at radius 1 is 0.421 bits per heavy atom. The van der Waals surface area contributed by atoms with E-state index in [2.05, 4.69) is 55.6 Å². The molecular weight excluding hydrogens is 699 g/mol. The summed E-state index contributed by atoms with van der Waals surface area (Å²) in [6.07, 6.45) is 66.7. The Morgan fingerprint density at radius 3 is 1.12 bits per heavy atom. The van der Waals surface area contributed by atoms with Gasteiger partial charge in [0.25, 0.3) is 0 Å². The third-order valence-electron chi connectivity index (χ3n) is 11.5. The first kappa shape index (κ1) is 55.4. The lowest BCUT2D eigenvalue weighted by Crippen LogP contribution is -2.45. The van der Waals surface area contributed by atoms with Crippen molar-refractivity contribution < 1.29 is 15.0 Å². The van der Waals surface area contributed by atoms with Crippen LogP contribution in [0.15, 0.2) is 48.6 Å². The van der Waals surface area contributed by atoms with E-state index in [0.29, 0.717) is 6.42 Å². The van der Waals surface area contributed by atoms with Crippen LogP contribution in [0.5, 0.6) is 0 Å². The molecular formula is C53H99NO3. The monoisotopic (exact) mass is 798 g/mol. The van der Waals surface area contributed by atoms with Gasteiger partial charge in [0, 0.05) is 6.42 Å². The predicted molar refractivity (Wildman–Crippen MR) is 253 cm³/mol. The summed E-state index contributed by atoms with van der Waals surface area (Å²) in [4.78, 5) is 12.4. The van der Waals surface area contributed by atoms with E-state index in [1.165, 1.54) is 205 Å². The highest BCUT2D eigenvalue weighted by molar-refractivity contribution is 5.76. The van der Waals surface area contributed by atoms with Crippen LogP contribution in [-0.2, 0) is 4.79 Å². The van der Waals surface area contributed by atoms with E-state index in [1.54, 1.807) is 6.08 Å². The molecule has 0 aliphatic carbocycles. The van der Waals surface area contributed by atoms with Crippen LogP contribution in [-0.4, -0.2) is 34.9 Å². The van der Waals surface area contributed by atoms with Gasteiger partial charge in [0.2, 0.25) is 5.91 Å². The smallest absolute Gasteiger partial charge is 0.220 e. The van der Waals surface area contributed by atoms with Crippen molar-refractivity contribution in [1.82, 2.24) is 5.32 Å². The second-order valence-corrected chi connectivity index (χ2v) is 17.2. The molecule has 4 nitrogen and oxygen atoms in total. The molecule has 0 saturated carbocycles. The summed E-state index contributed by atoms with van der Waals surface area (Å²) in [6, 6.07) is -0.643. The zero-order chi connectivity index (χ0) is 41.4. The Hall–Kier alpha value is -1.65. The van der Waals surface area contributed by atoms with E-state index >= 15 is 0 Å². The highest BCUT2D eigenvalue weighted by Gasteiger charge is 2.17. The van der Waals surface area contributed by atoms with E-state index in [-0.39, 0.29) is 12.5 Å². The standard InChI is InChI=1S/C53H99NO3/c1-3-5-7-9-11-13-15-17-19-21-23-25-26-27-29-30-32-34-36-38-40-42-44-46-48-52(56)51(50-55)54-53(57)49-47-45-43-41-39-37-35-33-31-28-24-22-20-18-16-14-12-10-8-6-4-2/h16,18,22,24,38,40,46,48,51-52,55-56H,3-15,17,19-21,23,25-37,39,41-45,47,49-50H2,1-2H3,(H,54,57)/b18-16-,24-22-,40-38+,48-46+. The number of nitrogens with one attached hydrogen (secondary N) is 1. The number of aliphatic hydroxyl groups excluding tert-OH is 2. The largest absolute Gasteiger partial charge is 0.394 e. The molecule has 2 unspecified atom stereocenters. The number of hydrogen-bond acceptors (Lipinski definition) is 3. The minimum Gasteiger partial charge on any atom is -0.394 e. The molecule has 0 bridgehead atoms. The van der Waals surface area contributed by atoms with Crippen molar-refractivity contribution in [3.8, 4) is 0 Å². The molecule has 0 heterocycles. The fraction of sp³-hybridized carbons (Fsp3) is 0.830. The number of amides is 1. The van der Waals surface area contributed by atoms with Crippen molar-refractivity contribution in [2.75, 3.05) is 6.61 Å². The van der Waals surface area contributed by atoms with Crippen molar-refractivity contribution in [2.24, 2.45) is 0 Å². The van der Waals surface area contributed by atoms with E-state index in [4.69, 9.17) is 0 Å². The van der Waals surface area contributed by atoms with Crippen molar-refractivity contribution >= 4 is 5.91 Å². The van der Waals surface area contributed by atoms with Crippen LogP contribution in [0, 0.1) is 0 Å². The first-order valence-corrected chi connectivity index (χ1v) is 25.4. The maximum absolute atomic E-state index is 12.4. The number of allylic oxidation sites excluding steroid dienone is 7. The molecule has 4 heteroatoms. The molecule has 0 radical (unpaired) electrons. The van der Waals surface area contributed by atoms with Crippen LogP contribution < -0.4 is 5.32 Å². The van der Waals surface area contributed by atoms with E-state index in [0.717, 1.165) is 38.5 Å². The SMILES string of the molecule is CCCCCCC/C=C\C/C=C\CCCCCCCCCCCC(=O)NC(CO)C(O)/C=C/CC/C=C/CCCCCCCCCCCCCCCCCCCC. The molecule has 0 spiro atoms. The normalized spacial score (nSPS) is 13.3. The van der Waals surface area contributed by atoms with Gasteiger partial charge in [0.05, 0.1) is 18.8 Å². The van der Waals surface area contributed by atoms with Gasteiger partial charge in [-0.15, -0.1) is 0 Å². The number of carbonyl (C=O) groups is 1. The molecule has 3 N–H and O–H groups in total. The molecule has 1 amide bonds. The van der Waals surface area contributed by atoms with Gasteiger partial charge in [-0.3, -0.25) is 4.79 Å². The summed E-state index contributed by atoms with van der Waals surface area (Å²) in [5, 5.41) is 23.1. The minimum atomic E-state index is -0.865. The zero-order valence-electron chi connectivity index (χ0n) is 38.4. The fourth-order valence-electron chi connectivity index (χ4n) is 7.64. The third-order valence-corrected chi connectivity index (χ3v) is 11.5. The molecule has 334 valence electrons. The van der Waals surface area contributed by atoms with Crippen molar-refractivity contribution in [3.05, 3.63) is 48.6 Å². The average Bonchev–Trinajstić information content (AvgIpc) is 3.22. The highest BCUT2D eigenvalue weighted by Crippen LogP contribution is 2.16. The Morgan fingerprint density at radius 2 is 0.737 bits per heavy atom. The number of rotatable bonds is 46. The molecule has 0 aromatic heterocycles. The third kappa shape index (κ3) is 45.3. The summed E-state index contributed by atoms with van der Waals surface area (Å²) in [6.45, 7) is 4.30. The van der Waals surface area contributed by atoms with Gasteiger partial charge in [-0.1, -0.05) is 242 Å². The van der Waals surface area contributed by atoms with Crippen LogP contribution in [0.25, 0.3) is 0 Å². The van der Waals surface area contributed by atoms with Crippen LogP contribution in [0.1, 0.15) is 264 Å². The van der Waals surface area contributed by atoms with Crippen LogP contribution in [0.3, 0.4) is 0 Å². The van der Waals surface area contributed by atoms with Crippen molar-refractivity contribution in [1.29, 1.82) is 0 Å². The fourth-order valence-corrected chi connectivity index (χ4v) is 7.64. The number of aliphatic hydroxyl groups is 2. The van der Waals surface area contributed by atoms with E-state index in [1.807, 2.05) is 6.08 Å². The minimum absolute atomic E-state index is 0.0769. The second kappa shape index (κ2) is 48.7. The summed E-state index contributed by atoms with van der Waals surface area (Å²) >= 11 is 0. The summed E-state index contributed by atoms with van der Waals surface area (Å²) in [5.74, 6) is -0.0769. The Balaban J connectivity index is 3.57. The molecule has 0 rings (SSSR count). The Kier molecular flexibility index (Phi) is 47.3. The molecule has 0 aliphatic rings. The predicted octanol–water partition coefficient (Wildman–Crippen LogP) is 16.3. The second-order valence-electron chi connectivity index (χ2n) is 17.2. The quantitative estimate of drug-likeness (QED) is 0.0424. The first-order valence-electron chi connectivity index (χ1n) is 25.4. The Bertz CT molecular complexity index is 908. The van der Waals surface area contributed by atoms with Gasteiger partial charge >= 0.3 is 0 Å². The molecule has 0 aromatic rings. The first-order chi connectivity index (χ1) is 28.2. The van der Waals surface area contributed by atoms with Gasteiger partial charge in [-0.05, 0) is 64.2 Å². The van der Waals surface area contributed by atoms with Crippen LogP contribution in [0.4, 0.5) is 0 Å². The maximum atomic E-state index is 12.4. The maximum Gasteiger partial charge on any atom is 0.220 e.